The van der Waals surface area contributed by atoms with Crippen LogP contribution in [0.3, 0.4) is 0 Å². The average molecular weight is 302 g/mol. The van der Waals surface area contributed by atoms with Gasteiger partial charge >= 0.3 is 0 Å². The zero-order valence-corrected chi connectivity index (χ0v) is 12.3. The smallest absolute Gasteiger partial charge is 0.141 e. The van der Waals surface area contributed by atoms with Gasteiger partial charge in [-0.05, 0) is 29.8 Å². The second kappa shape index (κ2) is 5.84. The van der Waals surface area contributed by atoms with Gasteiger partial charge in [0.1, 0.15) is 18.5 Å². The van der Waals surface area contributed by atoms with E-state index >= 15 is 0 Å². The summed E-state index contributed by atoms with van der Waals surface area (Å²) in [4.78, 5) is 12.6. The molecular weight excluding hydrogens is 288 g/mol. The SMILES string of the molecule is c1cncc(-c2nccn2Cc2ccc(-n3cncn3)cc2)c1. The maximum Gasteiger partial charge on any atom is 0.141 e. The molecule has 3 aromatic heterocycles. The van der Waals surface area contributed by atoms with Crippen LogP contribution in [-0.2, 0) is 6.54 Å². The standard InChI is InChI=1S/C17H14N6/c1-2-15(10-18-7-1)17-20-8-9-22(17)11-14-3-5-16(6-4-14)23-13-19-12-21-23/h1-10,12-13H,11H2. The van der Waals surface area contributed by atoms with Crippen molar-refractivity contribution in [3.05, 3.63) is 79.4 Å². The molecule has 0 spiro atoms. The molecule has 1 aromatic carbocycles. The summed E-state index contributed by atoms with van der Waals surface area (Å²) in [6.07, 6.45) is 10.6. The van der Waals surface area contributed by atoms with E-state index in [-0.39, 0.29) is 0 Å². The lowest BCUT2D eigenvalue weighted by molar-refractivity contribution is 0.804. The minimum atomic E-state index is 0.752. The van der Waals surface area contributed by atoms with Crippen molar-refractivity contribution in [1.29, 1.82) is 0 Å². The summed E-state index contributed by atoms with van der Waals surface area (Å²) in [5, 5.41) is 4.13. The van der Waals surface area contributed by atoms with E-state index in [1.807, 2.05) is 42.9 Å². The number of pyridine rings is 1. The Kier molecular flexibility index (Phi) is 3.40. The third kappa shape index (κ3) is 2.74. The highest BCUT2D eigenvalue weighted by molar-refractivity contribution is 5.53. The van der Waals surface area contributed by atoms with Crippen molar-refractivity contribution in [3.8, 4) is 17.1 Å². The van der Waals surface area contributed by atoms with E-state index in [4.69, 9.17) is 0 Å². The molecule has 0 fully saturated rings. The van der Waals surface area contributed by atoms with Crippen LogP contribution in [0.25, 0.3) is 17.1 Å². The molecule has 0 unspecified atom stereocenters. The minimum Gasteiger partial charge on any atom is -0.327 e. The molecule has 23 heavy (non-hydrogen) atoms. The Balaban J connectivity index is 1.59. The van der Waals surface area contributed by atoms with Gasteiger partial charge in [0.2, 0.25) is 0 Å². The number of aromatic nitrogens is 6. The maximum atomic E-state index is 4.44. The van der Waals surface area contributed by atoms with Gasteiger partial charge in [0.05, 0.1) is 5.69 Å². The van der Waals surface area contributed by atoms with Gasteiger partial charge in [-0.25, -0.2) is 14.6 Å². The Hall–Kier alpha value is -3.28. The quantitative estimate of drug-likeness (QED) is 0.581. The third-order valence-electron chi connectivity index (χ3n) is 3.61. The predicted molar refractivity (Wildman–Crippen MR) is 85.9 cm³/mol. The number of nitrogens with zero attached hydrogens (tertiary/aromatic N) is 6. The topological polar surface area (TPSA) is 61.4 Å². The maximum absolute atomic E-state index is 4.44. The molecule has 0 aliphatic rings. The predicted octanol–water partition coefficient (Wildman–Crippen LogP) is 2.57. The van der Waals surface area contributed by atoms with E-state index in [0.717, 1.165) is 23.6 Å². The van der Waals surface area contributed by atoms with Crippen molar-refractivity contribution in [3.63, 3.8) is 0 Å². The number of hydrogen-bond donors (Lipinski definition) is 0. The average Bonchev–Trinajstić information content (AvgIpc) is 3.28. The molecule has 0 N–H and O–H groups in total. The normalized spacial score (nSPS) is 10.8. The van der Waals surface area contributed by atoms with Crippen LogP contribution in [0.2, 0.25) is 0 Å². The molecule has 0 radical (unpaired) electrons. The molecule has 4 rings (SSSR count). The lowest BCUT2D eigenvalue weighted by atomic mass is 10.2. The second-order valence-corrected chi connectivity index (χ2v) is 5.13. The van der Waals surface area contributed by atoms with Crippen LogP contribution >= 0.6 is 0 Å². The van der Waals surface area contributed by atoms with Crippen LogP contribution in [0.15, 0.2) is 73.8 Å². The van der Waals surface area contributed by atoms with Gasteiger partial charge in [-0.15, -0.1) is 0 Å². The minimum absolute atomic E-state index is 0.752. The highest BCUT2D eigenvalue weighted by atomic mass is 15.3. The van der Waals surface area contributed by atoms with Crippen LogP contribution in [0.5, 0.6) is 0 Å². The molecule has 0 amide bonds. The van der Waals surface area contributed by atoms with Gasteiger partial charge in [-0.2, -0.15) is 5.10 Å². The Morgan fingerprint density at radius 2 is 1.87 bits per heavy atom. The van der Waals surface area contributed by atoms with Crippen molar-refractivity contribution < 1.29 is 0 Å². The van der Waals surface area contributed by atoms with Crippen molar-refractivity contribution in [1.82, 2.24) is 29.3 Å². The van der Waals surface area contributed by atoms with E-state index in [1.165, 1.54) is 11.9 Å². The van der Waals surface area contributed by atoms with Crippen molar-refractivity contribution >= 4 is 0 Å². The first-order valence-corrected chi connectivity index (χ1v) is 7.25. The highest BCUT2D eigenvalue weighted by Gasteiger charge is 2.06. The molecule has 6 nitrogen and oxygen atoms in total. The van der Waals surface area contributed by atoms with E-state index in [9.17, 15) is 0 Å². The monoisotopic (exact) mass is 302 g/mol. The number of imidazole rings is 1. The summed E-state index contributed by atoms with van der Waals surface area (Å²) in [5.41, 5.74) is 3.19. The molecule has 0 aliphatic carbocycles. The first-order chi connectivity index (χ1) is 11.4. The van der Waals surface area contributed by atoms with E-state index in [0.29, 0.717) is 0 Å². The molecule has 0 atom stereocenters. The van der Waals surface area contributed by atoms with Gasteiger partial charge in [0.15, 0.2) is 0 Å². The molecule has 112 valence electrons. The molecular formula is C17H14N6. The highest BCUT2D eigenvalue weighted by Crippen LogP contribution is 2.18. The largest absolute Gasteiger partial charge is 0.327 e. The van der Waals surface area contributed by atoms with Crippen LogP contribution < -0.4 is 0 Å². The Bertz CT molecular complexity index is 879. The summed E-state index contributed by atoms with van der Waals surface area (Å²) in [6, 6.07) is 12.2. The molecule has 0 saturated heterocycles. The van der Waals surface area contributed by atoms with Gasteiger partial charge in [0.25, 0.3) is 0 Å². The van der Waals surface area contributed by atoms with Crippen molar-refractivity contribution in [2.24, 2.45) is 0 Å². The van der Waals surface area contributed by atoms with Crippen molar-refractivity contribution in [2.75, 3.05) is 0 Å². The fraction of sp³-hybridized carbons (Fsp3) is 0.0588. The molecule has 0 aliphatic heterocycles. The van der Waals surface area contributed by atoms with E-state index in [1.54, 1.807) is 17.2 Å². The first kappa shape index (κ1) is 13.4. The van der Waals surface area contributed by atoms with Crippen LogP contribution in [0, 0.1) is 0 Å². The van der Waals surface area contributed by atoms with E-state index in [2.05, 4.69) is 36.8 Å². The Morgan fingerprint density at radius 3 is 2.61 bits per heavy atom. The molecule has 6 heteroatoms. The summed E-state index contributed by atoms with van der Waals surface area (Å²) in [7, 11) is 0. The molecule has 0 saturated carbocycles. The first-order valence-electron chi connectivity index (χ1n) is 7.25. The summed E-state index contributed by atoms with van der Waals surface area (Å²) in [6.45, 7) is 0.752. The van der Waals surface area contributed by atoms with Crippen LogP contribution in [-0.4, -0.2) is 29.3 Å². The lowest BCUT2D eigenvalue weighted by Gasteiger charge is -2.09. The van der Waals surface area contributed by atoms with Gasteiger partial charge in [-0.3, -0.25) is 4.98 Å². The number of benzene rings is 1. The van der Waals surface area contributed by atoms with Gasteiger partial charge < -0.3 is 4.57 Å². The Morgan fingerprint density at radius 1 is 0.957 bits per heavy atom. The Labute approximate surface area is 133 Å². The second-order valence-electron chi connectivity index (χ2n) is 5.13. The lowest BCUT2D eigenvalue weighted by Crippen LogP contribution is -2.02. The zero-order chi connectivity index (χ0) is 15.5. The number of hydrogen-bond acceptors (Lipinski definition) is 4. The van der Waals surface area contributed by atoms with Crippen LogP contribution in [0.4, 0.5) is 0 Å². The summed E-state index contributed by atoms with van der Waals surface area (Å²) < 4.78 is 3.85. The summed E-state index contributed by atoms with van der Waals surface area (Å²) in [5.74, 6) is 0.915. The van der Waals surface area contributed by atoms with Gasteiger partial charge in [0, 0.05) is 36.9 Å². The van der Waals surface area contributed by atoms with Crippen molar-refractivity contribution in [2.45, 2.75) is 6.54 Å². The zero-order valence-electron chi connectivity index (χ0n) is 12.3. The van der Waals surface area contributed by atoms with E-state index < -0.39 is 0 Å². The molecule has 4 aromatic rings. The van der Waals surface area contributed by atoms with Crippen LogP contribution in [0.1, 0.15) is 5.56 Å². The fourth-order valence-electron chi connectivity index (χ4n) is 2.48. The molecule has 3 heterocycles. The number of rotatable bonds is 4. The van der Waals surface area contributed by atoms with Gasteiger partial charge in [-0.1, -0.05) is 12.1 Å². The summed E-state index contributed by atoms with van der Waals surface area (Å²) >= 11 is 0. The third-order valence-corrected chi connectivity index (χ3v) is 3.61. The molecule has 0 bridgehead atoms. The fourth-order valence-corrected chi connectivity index (χ4v) is 2.48.